The lowest BCUT2D eigenvalue weighted by Crippen LogP contribution is -2.28. The zero-order valence-corrected chi connectivity index (χ0v) is 17.8. The van der Waals surface area contributed by atoms with E-state index in [1.165, 1.54) is 46.0 Å². The monoisotopic (exact) mass is 379 g/mol. The van der Waals surface area contributed by atoms with Crippen molar-refractivity contribution in [3.8, 4) is 22.3 Å². The van der Waals surface area contributed by atoms with Crippen LogP contribution >= 0.6 is 0 Å². The molecule has 27 heavy (non-hydrogen) atoms. The van der Waals surface area contributed by atoms with E-state index in [0.717, 1.165) is 10.8 Å². The van der Waals surface area contributed by atoms with Crippen molar-refractivity contribution >= 4 is 14.0 Å². The summed E-state index contributed by atoms with van der Waals surface area (Å²) >= 11 is 0. The van der Waals surface area contributed by atoms with E-state index in [1.54, 1.807) is 0 Å². The van der Waals surface area contributed by atoms with Crippen molar-refractivity contribution in [2.75, 3.05) is 0 Å². The summed E-state index contributed by atoms with van der Waals surface area (Å²) < 4.78 is 29.1. The Morgan fingerprint density at radius 2 is 1.11 bits per heavy atom. The minimum absolute atomic E-state index is 0.0835. The predicted molar refractivity (Wildman–Crippen MR) is 113 cm³/mol. The van der Waals surface area contributed by atoms with Crippen molar-refractivity contribution < 1.29 is 8.78 Å². The van der Waals surface area contributed by atoms with Crippen LogP contribution in [0.1, 0.15) is 22.3 Å². The van der Waals surface area contributed by atoms with Crippen molar-refractivity contribution in [2.24, 2.45) is 0 Å². The highest BCUT2D eigenvalue weighted by Crippen LogP contribution is 2.34. The van der Waals surface area contributed by atoms with E-state index in [1.807, 2.05) is 12.1 Å². The van der Waals surface area contributed by atoms with Crippen LogP contribution in [-0.4, -0.2) is 8.80 Å². The highest BCUT2D eigenvalue weighted by atomic mass is 28.3. The maximum Gasteiger partial charge on any atom is 0.347 e. The lowest BCUT2D eigenvalue weighted by atomic mass is 9.88. The van der Waals surface area contributed by atoms with Gasteiger partial charge in [-0.2, -0.15) is 0 Å². The second-order valence-corrected chi connectivity index (χ2v) is 9.96. The van der Waals surface area contributed by atoms with Crippen LogP contribution in [0.15, 0.2) is 42.5 Å². The molecule has 0 heterocycles. The van der Waals surface area contributed by atoms with E-state index >= 15 is 0 Å². The van der Waals surface area contributed by atoms with E-state index < -0.39 is 20.4 Å². The molecule has 3 aromatic rings. The maximum absolute atomic E-state index is 14.6. The topological polar surface area (TPSA) is 0 Å². The number of rotatable bonds is 3. The molecular weight excluding hydrogens is 354 g/mol. The molecule has 0 nitrogen and oxygen atoms in total. The molecule has 0 bridgehead atoms. The number of hydrogen-bond acceptors (Lipinski definition) is 0. The summed E-state index contributed by atoms with van der Waals surface area (Å²) in [6.07, 6.45) is 0. The molecule has 0 aliphatic rings. The number of halogens is 2. The van der Waals surface area contributed by atoms with Crippen LogP contribution in [0.25, 0.3) is 22.3 Å². The van der Waals surface area contributed by atoms with Gasteiger partial charge in [-0.05, 0) is 67.6 Å². The summed E-state index contributed by atoms with van der Waals surface area (Å²) in [4.78, 5) is 0. The van der Waals surface area contributed by atoms with Crippen molar-refractivity contribution in [3.63, 3.8) is 0 Å². The van der Waals surface area contributed by atoms with Crippen LogP contribution in [0.3, 0.4) is 0 Å². The minimum Gasteiger partial charge on any atom is -0.206 e. The Morgan fingerprint density at radius 1 is 0.667 bits per heavy atom. The molecule has 0 atom stereocenters. The van der Waals surface area contributed by atoms with Crippen LogP contribution in [0.4, 0.5) is 8.78 Å². The molecule has 138 valence electrons. The van der Waals surface area contributed by atoms with Crippen molar-refractivity contribution in [1.29, 1.82) is 0 Å². The molecule has 0 aliphatic carbocycles. The summed E-state index contributed by atoms with van der Waals surface area (Å²) in [6, 6.07) is 12.2. The van der Waals surface area contributed by atoms with Gasteiger partial charge in [0.2, 0.25) is 0 Å². The van der Waals surface area contributed by atoms with Crippen LogP contribution in [-0.2, 0) is 0 Å². The quantitative estimate of drug-likeness (QED) is 0.456. The van der Waals surface area contributed by atoms with Gasteiger partial charge < -0.3 is 0 Å². The lowest BCUT2D eigenvalue weighted by molar-refractivity contribution is 0.590. The molecule has 0 N–H and O–H groups in total. The van der Waals surface area contributed by atoms with Gasteiger partial charge in [0.05, 0.1) is 18.7 Å². The molecule has 0 spiro atoms. The predicted octanol–water partition coefficient (Wildman–Crippen LogP) is 6.49. The van der Waals surface area contributed by atoms with E-state index in [9.17, 15) is 8.78 Å². The first-order valence-corrected chi connectivity index (χ1v) is 11.7. The molecular formula is C24H25F2Si+. The molecule has 0 aromatic heterocycles. The molecule has 3 aromatic carbocycles. The van der Waals surface area contributed by atoms with Gasteiger partial charge in [0, 0.05) is 11.1 Å². The summed E-state index contributed by atoms with van der Waals surface area (Å²) in [5.74, 6) is -1.02. The van der Waals surface area contributed by atoms with Crippen molar-refractivity contribution in [2.45, 2.75) is 40.8 Å². The largest absolute Gasteiger partial charge is 0.347 e. The SMILES string of the molecule is Cc1cc(C)c(C)c(-c2cccc(-c3c(F)cccc3F)c2[Si+](C)C)c1C. The van der Waals surface area contributed by atoms with Gasteiger partial charge in [-0.1, -0.05) is 30.3 Å². The standard InChI is InChI=1S/C24H25F2Si/c1-14-13-15(2)17(4)22(16(14)3)18-9-7-10-19(24(18)27(5)6)23-20(25)11-8-12-21(23)26/h7-13H,1-6H3/q+1. The zero-order valence-electron chi connectivity index (χ0n) is 16.8. The normalized spacial score (nSPS) is 11.0. The lowest BCUT2D eigenvalue weighted by Gasteiger charge is -2.18. The molecule has 0 radical (unpaired) electrons. The van der Waals surface area contributed by atoms with Crippen LogP contribution < -0.4 is 5.19 Å². The van der Waals surface area contributed by atoms with Crippen LogP contribution in [0, 0.1) is 39.3 Å². The Morgan fingerprint density at radius 3 is 1.59 bits per heavy atom. The van der Waals surface area contributed by atoms with Gasteiger partial charge in [-0.25, -0.2) is 8.78 Å². The first-order valence-electron chi connectivity index (χ1n) is 9.19. The molecule has 3 rings (SSSR count). The van der Waals surface area contributed by atoms with Crippen LogP contribution in [0.2, 0.25) is 13.1 Å². The third-order valence-electron chi connectivity index (χ3n) is 5.43. The fraction of sp³-hybridized carbons (Fsp3) is 0.250. The van der Waals surface area contributed by atoms with Crippen LogP contribution in [0.5, 0.6) is 0 Å². The van der Waals surface area contributed by atoms with E-state index in [0.29, 0.717) is 5.56 Å². The molecule has 3 heteroatoms. The third-order valence-corrected chi connectivity index (χ3v) is 6.97. The molecule has 0 saturated heterocycles. The van der Waals surface area contributed by atoms with Gasteiger partial charge in [0.1, 0.15) is 16.8 Å². The van der Waals surface area contributed by atoms with E-state index in [2.05, 4.69) is 52.9 Å². The second-order valence-electron chi connectivity index (χ2n) is 7.46. The Hall–Kier alpha value is -2.26. The third kappa shape index (κ3) is 3.36. The van der Waals surface area contributed by atoms with Crippen molar-refractivity contribution in [3.05, 3.63) is 76.4 Å². The molecule has 0 aliphatic heterocycles. The average molecular weight is 380 g/mol. The second kappa shape index (κ2) is 7.39. The summed E-state index contributed by atoms with van der Waals surface area (Å²) in [7, 11) is -0.990. The van der Waals surface area contributed by atoms with Crippen molar-refractivity contribution in [1.82, 2.24) is 0 Å². The smallest absolute Gasteiger partial charge is 0.206 e. The number of hydrogen-bond donors (Lipinski definition) is 0. The van der Waals surface area contributed by atoms with Gasteiger partial charge >= 0.3 is 8.80 Å². The van der Waals surface area contributed by atoms with Gasteiger partial charge in [-0.3, -0.25) is 0 Å². The van der Waals surface area contributed by atoms with E-state index in [4.69, 9.17) is 0 Å². The fourth-order valence-electron chi connectivity index (χ4n) is 3.88. The highest BCUT2D eigenvalue weighted by Gasteiger charge is 2.30. The zero-order chi connectivity index (χ0) is 19.9. The summed E-state index contributed by atoms with van der Waals surface area (Å²) in [6.45, 7) is 12.9. The Balaban J connectivity index is 2.43. The average Bonchev–Trinajstić information content (AvgIpc) is 2.60. The first kappa shape index (κ1) is 19.5. The number of aryl methyl sites for hydroxylation is 2. The molecule has 0 amide bonds. The number of benzene rings is 3. The molecule has 0 fully saturated rings. The highest BCUT2D eigenvalue weighted by molar-refractivity contribution is 6.73. The molecule has 0 saturated carbocycles. The Labute approximate surface area is 162 Å². The van der Waals surface area contributed by atoms with Gasteiger partial charge in [-0.15, -0.1) is 0 Å². The minimum atomic E-state index is -0.990. The van der Waals surface area contributed by atoms with E-state index in [-0.39, 0.29) is 5.56 Å². The van der Waals surface area contributed by atoms with Gasteiger partial charge in [0.15, 0.2) is 0 Å². The summed E-state index contributed by atoms with van der Waals surface area (Å²) in [5, 5.41) is 1.09. The summed E-state index contributed by atoms with van der Waals surface area (Å²) in [5.41, 5.74) is 8.01. The first-order chi connectivity index (χ1) is 12.7. The molecule has 0 unspecified atom stereocenters. The maximum atomic E-state index is 14.6. The fourth-order valence-corrected chi connectivity index (χ4v) is 5.38. The van der Waals surface area contributed by atoms with Gasteiger partial charge in [0.25, 0.3) is 0 Å². The Bertz CT molecular complexity index is 973. The Kier molecular flexibility index (Phi) is 5.34.